The molecule has 0 heterocycles. The van der Waals surface area contributed by atoms with Crippen molar-refractivity contribution in [3.63, 3.8) is 0 Å². The number of carboxylic acid groups (broad SMARTS) is 1. The minimum atomic E-state index is -0.967. The van der Waals surface area contributed by atoms with Crippen molar-refractivity contribution < 1.29 is 15.0 Å². The number of aliphatic hydroxyl groups is 1. The maximum Gasteiger partial charge on any atom is 0.328 e. The Morgan fingerprint density at radius 3 is 1.64 bits per heavy atom. The Morgan fingerprint density at radius 2 is 1.20 bits per heavy atom. The van der Waals surface area contributed by atoms with Crippen molar-refractivity contribution in [2.75, 3.05) is 0 Å². The molecule has 0 saturated heterocycles. The topological polar surface area (TPSA) is 57.5 Å². The van der Waals surface area contributed by atoms with E-state index in [9.17, 15) is 9.90 Å². The normalized spacial score (nSPS) is 13.0. The Balaban J connectivity index is 3.24. The lowest BCUT2D eigenvalue weighted by Gasteiger charge is -2.05. The summed E-state index contributed by atoms with van der Waals surface area (Å²) in [7, 11) is 0. The Morgan fingerprint density at radius 1 is 0.760 bits per heavy atom. The predicted octanol–water partition coefficient (Wildman–Crippen LogP) is 6.42. The molecule has 3 nitrogen and oxygen atoms in total. The number of aliphatic hydroxyl groups excluding tert-OH is 1. The molecule has 1 unspecified atom stereocenters. The van der Waals surface area contributed by atoms with Crippen molar-refractivity contribution in [2.45, 2.75) is 109 Å². The molecule has 0 aliphatic heterocycles. The van der Waals surface area contributed by atoms with Crippen LogP contribution in [-0.4, -0.2) is 22.3 Å². The monoisotopic (exact) mass is 352 g/mol. The van der Waals surface area contributed by atoms with Crippen molar-refractivity contribution >= 4 is 5.97 Å². The highest BCUT2D eigenvalue weighted by atomic mass is 16.4. The summed E-state index contributed by atoms with van der Waals surface area (Å²) in [6.07, 6.45) is 24.7. The van der Waals surface area contributed by atoms with Crippen LogP contribution in [0.5, 0.6) is 0 Å². The summed E-state index contributed by atoms with van der Waals surface area (Å²) in [5.74, 6) is -0.967. The van der Waals surface area contributed by atoms with Gasteiger partial charge in [-0.25, -0.2) is 4.79 Å². The second-order valence-corrected chi connectivity index (χ2v) is 7.03. The van der Waals surface area contributed by atoms with E-state index in [1.165, 1.54) is 89.5 Å². The molecule has 2 N–H and O–H groups in total. The van der Waals surface area contributed by atoms with Crippen molar-refractivity contribution in [1.82, 2.24) is 0 Å². The van der Waals surface area contributed by atoms with Gasteiger partial charge in [0.1, 0.15) is 0 Å². The lowest BCUT2D eigenvalue weighted by Crippen LogP contribution is -2.01. The summed E-state index contributed by atoms with van der Waals surface area (Å²) in [5.41, 5.74) is 0. The molecule has 146 valence electrons. The quantitative estimate of drug-likeness (QED) is 0.170. The molecule has 0 aromatic rings. The number of hydrogen-bond acceptors (Lipinski definition) is 2. The van der Waals surface area contributed by atoms with Gasteiger partial charge in [-0.2, -0.15) is 0 Å². The van der Waals surface area contributed by atoms with Crippen LogP contribution in [0, 0.1) is 0 Å². The second kappa shape index (κ2) is 19.2. The van der Waals surface area contributed by atoms with Gasteiger partial charge in [0.15, 0.2) is 0 Å². The lowest BCUT2D eigenvalue weighted by molar-refractivity contribution is -0.131. The molecule has 0 amide bonds. The Labute approximate surface area is 155 Å². The fourth-order valence-electron chi connectivity index (χ4n) is 2.97. The first kappa shape index (κ1) is 23.9. The Bertz CT molecular complexity index is 347. The van der Waals surface area contributed by atoms with Crippen LogP contribution < -0.4 is 0 Å². The molecule has 0 aromatic carbocycles. The van der Waals surface area contributed by atoms with Gasteiger partial charge in [-0.15, -0.1) is 0 Å². The summed E-state index contributed by atoms with van der Waals surface area (Å²) in [4.78, 5) is 10.3. The van der Waals surface area contributed by atoms with Gasteiger partial charge in [0.2, 0.25) is 0 Å². The second-order valence-electron chi connectivity index (χ2n) is 7.03. The van der Waals surface area contributed by atoms with E-state index in [4.69, 9.17) is 5.11 Å². The van der Waals surface area contributed by atoms with Crippen LogP contribution in [0.4, 0.5) is 0 Å². The van der Waals surface area contributed by atoms with Gasteiger partial charge >= 0.3 is 5.97 Å². The van der Waals surface area contributed by atoms with E-state index < -0.39 is 12.1 Å². The zero-order chi connectivity index (χ0) is 18.6. The van der Waals surface area contributed by atoms with Gasteiger partial charge in [0.05, 0.1) is 6.10 Å². The van der Waals surface area contributed by atoms with Crippen LogP contribution >= 0.6 is 0 Å². The average molecular weight is 353 g/mol. The molecule has 3 heteroatoms. The SMILES string of the molecule is CCCCCCCCCCCCCCCCC(O)C=CC=CC(=O)O. The van der Waals surface area contributed by atoms with Crippen molar-refractivity contribution in [2.24, 2.45) is 0 Å². The van der Waals surface area contributed by atoms with E-state index >= 15 is 0 Å². The molecule has 0 fully saturated rings. The zero-order valence-electron chi connectivity index (χ0n) is 16.3. The van der Waals surface area contributed by atoms with Crippen LogP contribution in [0.15, 0.2) is 24.3 Å². The molecule has 0 radical (unpaired) electrons. The maximum atomic E-state index is 10.3. The van der Waals surface area contributed by atoms with Crippen molar-refractivity contribution in [1.29, 1.82) is 0 Å². The molecular formula is C22H40O3. The van der Waals surface area contributed by atoms with E-state index in [2.05, 4.69) is 6.92 Å². The average Bonchev–Trinajstić information content (AvgIpc) is 2.59. The smallest absolute Gasteiger partial charge is 0.328 e. The first-order valence-electron chi connectivity index (χ1n) is 10.4. The molecule has 0 rings (SSSR count). The lowest BCUT2D eigenvalue weighted by atomic mass is 10.0. The number of aliphatic carboxylic acids is 1. The zero-order valence-corrected chi connectivity index (χ0v) is 16.3. The van der Waals surface area contributed by atoms with E-state index in [-0.39, 0.29) is 0 Å². The first-order chi connectivity index (χ1) is 12.2. The molecule has 0 aromatic heterocycles. The third-order valence-corrected chi connectivity index (χ3v) is 4.54. The molecule has 0 aliphatic rings. The fraction of sp³-hybridized carbons (Fsp3) is 0.773. The van der Waals surface area contributed by atoms with E-state index in [0.29, 0.717) is 0 Å². The molecule has 25 heavy (non-hydrogen) atoms. The van der Waals surface area contributed by atoms with Gasteiger partial charge in [-0.3, -0.25) is 0 Å². The van der Waals surface area contributed by atoms with Crippen molar-refractivity contribution in [3.8, 4) is 0 Å². The molecule has 0 bridgehead atoms. The highest BCUT2D eigenvalue weighted by molar-refractivity contribution is 5.80. The minimum Gasteiger partial charge on any atom is -0.478 e. The van der Waals surface area contributed by atoms with Crippen LogP contribution in [-0.2, 0) is 4.79 Å². The number of unbranched alkanes of at least 4 members (excludes halogenated alkanes) is 13. The number of hydrogen-bond donors (Lipinski definition) is 2. The highest BCUT2D eigenvalue weighted by Gasteiger charge is 1.98. The number of carboxylic acids is 1. The number of rotatable bonds is 18. The van der Waals surface area contributed by atoms with Gasteiger partial charge < -0.3 is 10.2 Å². The summed E-state index contributed by atoms with van der Waals surface area (Å²) in [6.45, 7) is 2.27. The fourth-order valence-corrected chi connectivity index (χ4v) is 2.97. The third kappa shape index (κ3) is 20.9. The molecule has 0 saturated carbocycles. The Kier molecular flexibility index (Phi) is 18.4. The summed E-state index contributed by atoms with van der Waals surface area (Å²) < 4.78 is 0. The van der Waals surface area contributed by atoms with E-state index in [0.717, 1.165) is 18.9 Å². The van der Waals surface area contributed by atoms with Gasteiger partial charge in [0, 0.05) is 6.08 Å². The minimum absolute atomic E-state index is 0.462. The molecule has 0 spiro atoms. The largest absolute Gasteiger partial charge is 0.478 e. The first-order valence-corrected chi connectivity index (χ1v) is 10.4. The maximum absolute atomic E-state index is 10.3. The predicted molar refractivity (Wildman–Crippen MR) is 107 cm³/mol. The van der Waals surface area contributed by atoms with Crippen LogP contribution in [0.1, 0.15) is 103 Å². The number of carbonyl (C=O) groups is 1. The third-order valence-electron chi connectivity index (χ3n) is 4.54. The van der Waals surface area contributed by atoms with Gasteiger partial charge in [-0.1, -0.05) is 115 Å². The summed E-state index contributed by atoms with van der Waals surface area (Å²) in [6, 6.07) is 0. The summed E-state index contributed by atoms with van der Waals surface area (Å²) in [5, 5.41) is 18.2. The van der Waals surface area contributed by atoms with Gasteiger partial charge in [-0.05, 0) is 6.42 Å². The van der Waals surface area contributed by atoms with Crippen LogP contribution in [0.25, 0.3) is 0 Å². The molecule has 1 atom stereocenters. The molecular weight excluding hydrogens is 312 g/mol. The summed E-state index contributed by atoms with van der Waals surface area (Å²) >= 11 is 0. The molecule has 0 aliphatic carbocycles. The van der Waals surface area contributed by atoms with E-state index in [1.807, 2.05) is 0 Å². The van der Waals surface area contributed by atoms with Crippen molar-refractivity contribution in [3.05, 3.63) is 24.3 Å². The van der Waals surface area contributed by atoms with Crippen LogP contribution in [0.3, 0.4) is 0 Å². The highest BCUT2D eigenvalue weighted by Crippen LogP contribution is 2.13. The number of allylic oxidation sites excluding steroid dienone is 2. The standard InChI is InChI=1S/C22H40O3/c1-2-3-4-5-6-7-8-9-10-11-12-13-14-15-18-21(23)19-16-17-20-22(24)25/h16-17,19-21,23H,2-15,18H2,1H3,(H,24,25). The van der Waals surface area contributed by atoms with E-state index in [1.54, 1.807) is 12.2 Å². The Hall–Kier alpha value is -1.09. The van der Waals surface area contributed by atoms with Gasteiger partial charge in [0.25, 0.3) is 0 Å². The van der Waals surface area contributed by atoms with Crippen LogP contribution in [0.2, 0.25) is 0 Å².